The molecular weight excluding hydrogens is 1310 g/mol. The van der Waals surface area contributed by atoms with Gasteiger partial charge in [0.25, 0.3) is 0 Å². The molecule has 0 unspecified atom stereocenters. The first-order chi connectivity index (χ1) is 49.7. The molecule has 0 N–H and O–H groups in total. The third kappa shape index (κ3) is 21.3. The fourth-order valence-electron chi connectivity index (χ4n) is 10.6. The molecule has 10 rings (SSSR count). The molecule has 21 heteroatoms. The van der Waals surface area contributed by atoms with Gasteiger partial charge in [-0.2, -0.15) is 0 Å². The van der Waals surface area contributed by atoms with Crippen LogP contribution in [-0.2, 0) is 59.5 Å². The molecule has 21 nitrogen and oxygen atoms in total. The first-order valence-corrected chi connectivity index (χ1v) is 32.3. The van der Waals surface area contributed by atoms with Crippen molar-refractivity contribution in [2.45, 2.75) is 59.5 Å². The quantitative estimate of drug-likeness (QED) is 0.0353. The van der Waals surface area contributed by atoms with Gasteiger partial charge in [-0.1, -0.05) is 0 Å². The van der Waals surface area contributed by atoms with Crippen molar-refractivity contribution in [3.8, 4) is 121 Å². The Morgan fingerprint density at radius 3 is 0.294 bits per heavy atom. The van der Waals surface area contributed by atoms with E-state index in [-0.39, 0.29) is 59.5 Å². The molecule has 0 aromatic heterocycles. The van der Waals surface area contributed by atoms with Crippen molar-refractivity contribution in [2.24, 2.45) is 0 Å². The minimum absolute atomic E-state index is 0.0488. The van der Waals surface area contributed by atoms with Gasteiger partial charge < -0.3 is 99.5 Å². The Morgan fingerprint density at radius 2 is 0.196 bits per heavy atom. The summed E-state index contributed by atoms with van der Waals surface area (Å²) in [7, 11) is 19.2. The molecule has 0 aliphatic rings. The van der Waals surface area contributed by atoms with E-state index in [1.54, 1.807) is 140 Å². The lowest BCUT2D eigenvalue weighted by Crippen LogP contribution is -2.04. The Balaban J connectivity index is 0.980. The first-order valence-electron chi connectivity index (χ1n) is 32.3. The lowest BCUT2D eigenvalue weighted by atomic mass is 10.2. The van der Waals surface area contributed by atoms with Crippen LogP contribution >= 0.6 is 0 Å². The first kappa shape index (κ1) is 72.7. The monoisotopic (exact) mass is 1390 g/mol. The maximum absolute atomic E-state index is 6.75. The molecule has 0 saturated carbocycles. The Morgan fingerprint density at radius 1 is 0.118 bits per heavy atom. The summed E-state index contributed by atoms with van der Waals surface area (Å²) < 4.78 is 126. The van der Waals surface area contributed by atoms with E-state index in [2.05, 4.69) is 0 Å². The molecule has 0 spiro atoms. The van der Waals surface area contributed by atoms with Gasteiger partial charge in [-0.25, -0.2) is 0 Å². The molecule has 0 aliphatic heterocycles. The molecule has 0 bridgehead atoms. The van der Waals surface area contributed by atoms with Gasteiger partial charge in [0.2, 0.25) is 0 Å². The number of ether oxygens (including phenoxy) is 21. The van der Waals surface area contributed by atoms with E-state index in [9.17, 15) is 0 Å². The fraction of sp³-hybridized carbons (Fsp3) is 0.259. The van der Waals surface area contributed by atoms with E-state index in [0.717, 1.165) is 50.1 Å². The molecule has 0 aliphatic carbocycles. The standard InChI is InChI=1S/C81H84O21/c1-82-61-13-52(14-62(31-61)83-2)43-94-73-25-58(26-74(37-73)95-44-53-15-63(84-3)32-64(16-53)85-4)49-100-79-40-80(101-50-59-27-75(96-45-54-17-65(86-5)33-66(18-54)87-6)38-76(28-59)97-46-55-19-67(88-7)34-68(20-55)89-8)42-81(41-79)102-51-60-29-77(98-47-56-21-69(90-9)35-70(22-56)91-10)39-78(30-60)99-48-57-23-71(92-11)36-72(24-57)93-12/h13-42H,43-51H2,1-12H3. The number of methoxy groups -OCH3 is 12. The van der Waals surface area contributed by atoms with Crippen LogP contribution in [0.15, 0.2) is 182 Å². The normalized spacial score (nSPS) is 10.7. The van der Waals surface area contributed by atoms with E-state index in [1.807, 2.05) is 127 Å². The summed E-state index contributed by atoms with van der Waals surface area (Å²) in [6, 6.07) is 55.7. The van der Waals surface area contributed by atoms with Crippen LogP contribution in [0.4, 0.5) is 0 Å². The van der Waals surface area contributed by atoms with Gasteiger partial charge >= 0.3 is 0 Å². The van der Waals surface area contributed by atoms with E-state index < -0.39 is 0 Å². The minimum Gasteiger partial charge on any atom is -0.497 e. The molecule has 10 aromatic carbocycles. The predicted molar refractivity (Wildman–Crippen MR) is 382 cm³/mol. The molecule has 0 atom stereocenters. The van der Waals surface area contributed by atoms with Gasteiger partial charge in [0.1, 0.15) is 180 Å². The third-order valence-corrected chi connectivity index (χ3v) is 15.8. The summed E-state index contributed by atoms with van der Waals surface area (Å²) in [6.07, 6.45) is 0. The zero-order valence-corrected chi connectivity index (χ0v) is 59.3. The van der Waals surface area contributed by atoms with E-state index in [0.29, 0.717) is 121 Å². The van der Waals surface area contributed by atoms with Crippen molar-refractivity contribution in [3.63, 3.8) is 0 Å². The minimum atomic E-state index is 0.0488. The maximum Gasteiger partial charge on any atom is 0.127 e. The Kier molecular flexibility index (Phi) is 25.8. The number of benzene rings is 10. The summed E-state index contributed by atoms with van der Waals surface area (Å²) in [6.45, 7) is 1.23. The van der Waals surface area contributed by atoms with Crippen LogP contribution in [0.2, 0.25) is 0 Å². The van der Waals surface area contributed by atoms with E-state index in [1.165, 1.54) is 0 Å². The SMILES string of the molecule is COc1cc(COc2cc(COc3cc(OCc4cc(OCc5cc(OC)cc(OC)c5)cc(OCc5cc(OC)cc(OC)c5)c4)cc(OCc4cc(OCc5cc(OC)cc(OC)c5)cc(OCc5cc(OC)cc(OC)c5)c4)c3)cc(OCc3cc(OC)cc(OC)c3)c2)cc(OC)c1. The van der Waals surface area contributed by atoms with Crippen LogP contribution in [0.5, 0.6) is 121 Å². The molecule has 10 aromatic rings. The van der Waals surface area contributed by atoms with Gasteiger partial charge in [0, 0.05) is 72.8 Å². The second-order valence-corrected chi connectivity index (χ2v) is 23.0. The van der Waals surface area contributed by atoms with Crippen LogP contribution in [0.3, 0.4) is 0 Å². The summed E-state index contributed by atoms with van der Waals surface area (Å²) >= 11 is 0. The largest absolute Gasteiger partial charge is 0.497 e. The highest BCUT2D eigenvalue weighted by molar-refractivity contribution is 5.48. The average molecular weight is 1390 g/mol. The van der Waals surface area contributed by atoms with Crippen molar-refractivity contribution in [3.05, 3.63) is 232 Å². The van der Waals surface area contributed by atoms with Crippen LogP contribution in [0.1, 0.15) is 50.1 Å². The number of rotatable bonds is 39. The summed E-state index contributed by atoms with van der Waals surface area (Å²) in [4.78, 5) is 0. The topological polar surface area (TPSA) is 194 Å². The van der Waals surface area contributed by atoms with Crippen molar-refractivity contribution >= 4 is 0 Å². The van der Waals surface area contributed by atoms with Gasteiger partial charge in [-0.05, 0) is 159 Å². The van der Waals surface area contributed by atoms with Crippen molar-refractivity contribution in [1.29, 1.82) is 0 Å². The molecule has 0 amide bonds. The molecule has 0 radical (unpaired) electrons. The zero-order valence-electron chi connectivity index (χ0n) is 59.3. The van der Waals surface area contributed by atoms with E-state index >= 15 is 0 Å². The average Bonchev–Trinajstić information content (AvgIpc) is 0.853. The second-order valence-electron chi connectivity index (χ2n) is 23.0. The Labute approximate surface area is 594 Å². The predicted octanol–water partition coefficient (Wildman–Crippen LogP) is 16.0. The Bertz CT molecular complexity index is 3580. The van der Waals surface area contributed by atoms with Gasteiger partial charge in [0.05, 0.1) is 85.3 Å². The molecular formula is C81H84O21. The summed E-state index contributed by atoms with van der Waals surface area (Å²) in [5.41, 5.74) is 7.08. The van der Waals surface area contributed by atoms with Crippen LogP contribution in [-0.4, -0.2) is 85.3 Å². The highest BCUT2D eigenvalue weighted by Gasteiger charge is 2.17. The number of hydrogen-bond acceptors (Lipinski definition) is 21. The van der Waals surface area contributed by atoms with E-state index in [4.69, 9.17) is 99.5 Å². The van der Waals surface area contributed by atoms with Crippen LogP contribution < -0.4 is 99.5 Å². The fourth-order valence-corrected chi connectivity index (χ4v) is 10.6. The summed E-state index contributed by atoms with van der Waals surface area (Å²) in [5.74, 6) is 11.8. The van der Waals surface area contributed by atoms with Gasteiger partial charge in [0.15, 0.2) is 0 Å². The molecule has 0 saturated heterocycles. The molecule has 102 heavy (non-hydrogen) atoms. The lowest BCUT2D eigenvalue weighted by Gasteiger charge is -2.17. The van der Waals surface area contributed by atoms with Crippen molar-refractivity contribution in [2.75, 3.05) is 85.3 Å². The third-order valence-electron chi connectivity index (χ3n) is 15.8. The highest BCUT2D eigenvalue weighted by Crippen LogP contribution is 2.37. The number of hydrogen-bond donors (Lipinski definition) is 0. The molecule has 0 heterocycles. The van der Waals surface area contributed by atoms with Crippen molar-refractivity contribution < 1.29 is 99.5 Å². The van der Waals surface area contributed by atoms with Crippen molar-refractivity contribution in [1.82, 2.24) is 0 Å². The zero-order chi connectivity index (χ0) is 71.7. The summed E-state index contributed by atoms with van der Waals surface area (Å²) in [5, 5.41) is 0. The van der Waals surface area contributed by atoms with Crippen LogP contribution in [0, 0.1) is 0 Å². The lowest BCUT2D eigenvalue weighted by molar-refractivity contribution is 0.266. The highest BCUT2D eigenvalue weighted by atomic mass is 16.5. The maximum atomic E-state index is 6.75. The molecule has 534 valence electrons. The van der Waals surface area contributed by atoms with Crippen LogP contribution in [0.25, 0.3) is 0 Å². The van der Waals surface area contributed by atoms with Gasteiger partial charge in [-0.15, -0.1) is 0 Å². The second kappa shape index (κ2) is 36.2. The Hall–Kier alpha value is -12.0. The molecule has 0 fully saturated rings. The van der Waals surface area contributed by atoms with Gasteiger partial charge in [-0.3, -0.25) is 0 Å². The smallest absolute Gasteiger partial charge is 0.127 e.